The highest BCUT2D eigenvalue weighted by Gasteiger charge is 2.32. The molecule has 1 N–H and O–H groups in total. The van der Waals surface area contributed by atoms with Crippen LogP contribution in [0.15, 0.2) is 18.2 Å². The van der Waals surface area contributed by atoms with Crippen molar-refractivity contribution in [1.82, 2.24) is 0 Å². The fraction of sp³-hybridized carbons (Fsp3) is 0.500. The number of aliphatic hydroxyl groups is 1. The molecule has 1 aromatic rings. The molecule has 1 fully saturated rings. The molecule has 2 rings (SSSR count). The second-order valence-corrected chi connectivity index (χ2v) is 4.68. The lowest BCUT2D eigenvalue weighted by molar-refractivity contribution is 0.000337. The Labute approximate surface area is 99.0 Å². The van der Waals surface area contributed by atoms with Gasteiger partial charge in [-0.15, -0.1) is 0 Å². The van der Waals surface area contributed by atoms with Gasteiger partial charge in [-0.25, -0.2) is 4.39 Å². The van der Waals surface area contributed by atoms with Gasteiger partial charge in [0.1, 0.15) is 6.61 Å². The average molecular weight is 245 g/mol. The molecule has 88 valence electrons. The Balaban J connectivity index is 2.02. The maximum atomic E-state index is 13.5. The number of benzene rings is 1. The van der Waals surface area contributed by atoms with Crippen LogP contribution in [0.1, 0.15) is 25.7 Å². The molecule has 1 aliphatic rings. The van der Waals surface area contributed by atoms with E-state index in [4.69, 9.17) is 16.3 Å². The minimum atomic E-state index is -0.797. The van der Waals surface area contributed by atoms with Gasteiger partial charge < -0.3 is 9.84 Å². The Morgan fingerprint density at radius 3 is 2.75 bits per heavy atom. The van der Waals surface area contributed by atoms with Crippen LogP contribution in [0.5, 0.6) is 5.75 Å². The maximum Gasteiger partial charge on any atom is 0.183 e. The van der Waals surface area contributed by atoms with E-state index in [0.29, 0.717) is 0 Å². The topological polar surface area (TPSA) is 29.5 Å². The lowest BCUT2D eigenvalue weighted by Crippen LogP contribution is -2.32. The fourth-order valence-corrected chi connectivity index (χ4v) is 2.15. The van der Waals surface area contributed by atoms with Gasteiger partial charge in [0.15, 0.2) is 11.6 Å². The summed E-state index contributed by atoms with van der Waals surface area (Å²) in [4.78, 5) is 0. The van der Waals surface area contributed by atoms with E-state index < -0.39 is 11.4 Å². The van der Waals surface area contributed by atoms with Crippen LogP contribution >= 0.6 is 11.6 Å². The van der Waals surface area contributed by atoms with E-state index in [2.05, 4.69) is 0 Å². The summed E-state index contributed by atoms with van der Waals surface area (Å²) < 4.78 is 18.8. The number of ether oxygens (including phenoxy) is 1. The first-order valence-electron chi connectivity index (χ1n) is 5.40. The summed E-state index contributed by atoms with van der Waals surface area (Å²) in [6.07, 6.45) is 3.43. The van der Waals surface area contributed by atoms with Gasteiger partial charge >= 0.3 is 0 Å². The van der Waals surface area contributed by atoms with E-state index in [-0.39, 0.29) is 17.4 Å². The molecule has 0 amide bonds. The smallest absolute Gasteiger partial charge is 0.183 e. The molecule has 0 heterocycles. The van der Waals surface area contributed by atoms with Crippen LogP contribution < -0.4 is 4.74 Å². The summed E-state index contributed by atoms with van der Waals surface area (Å²) in [5.41, 5.74) is -0.797. The van der Waals surface area contributed by atoms with E-state index in [1.54, 1.807) is 6.07 Å². The Morgan fingerprint density at radius 2 is 2.06 bits per heavy atom. The van der Waals surface area contributed by atoms with E-state index in [1.807, 2.05) is 0 Å². The van der Waals surface area contributed by atoms with Crippen molar-refractivity contribution >= 4 is 11.6 Å². The molecule has 2 nitrogen and oxygen atoms in total. The second-order valence-electron chi connectivity index (χ2n) is 4.27. The molecule has 1 aliphatic carbocycles. The summed E-state index contributed by atoms with van der Waals surface area (Å²) in [7, 11) is 0. The van der Waals surface area contributed by atoms with Crippen molar-refractivity contribution in [3.05, 3.63) is 29.0 Å². The normalized spacial score (nSPS) is 18.7. The Morgan fingerprint density at radius 1 is 1.38 bits per heavy atom. The number of rotatable bonds is 3. The van der Waals surface area contributed by atoms with Crippen molar-refractivity contribution in [2.24, 2.45) is 0 Å². The summed E-state index contributed by atoms with van der Waals surface area (Å²) in [6.45, 7) is 0.129. The average Bonchev–Trinajstić information content (AvgIpc) is 2.68. The predicted octanol–water partition coefficient (Wildman–Crippen LogP) is 3.16. The molecule has 0 unspecified atom stereocenters. The largest absolute Gasteiger partial charge is 0.487 e. The summed E-state index contributed by atoms with van der Waals surface area (Å²) in [6, 6.07) is 4.60. The van der Waals surface area contributed by atoms with Gasteiger partial charge in [-0.05, 0) is 25.0 Å². The van der Waals surface area contributed by atoms with E-state index in [9.17, 15) is 9.50 Å². The van der Waals surface area contributed by atoms with Crippen molar-refractivity contribution in [2.45, 2.75) is 31.3 Å². The third-order valence-electron chi connectivity index (χ3n) is 2.95. The van der Waals surface area contributed by atoms with Crippen LogP contribution in [0.4, 0.5) is 4.39 Å². The Kier molecular flexibility index (Phi) is 3.36. The number of hydrogen-bond acceptors (Lipinski definition) is 2. The minimum absolute atomic E-state index is 0.0379. The van der Waals surface area contributed by atoms with Crippen LogP contribution in [0.3, 0.4) is 0 Å². The molecule has 0 aromatic heterocycles. The standard InChI is InChI=1S/C12H14ClFO2/c13-9-4-3-5-10(11(9)14)16-8-12(15)6-1-2-7-12/h3-5,15H,1-2,6-8H2. The fourth-order valence-electron chi connectivity index (χ4n) is 1.99. The third-order valence-corrected chi connectivity index (χ3v) is 3.24. The minimum Gasteiger partial charge on any atom is -0.487 e. The first kappa shape index (κ1) is 11.7. The highest BCUT2D eigenvalue weighted by Crippen LogP contribution is 2.31. The van der Waals surface area contributed by atoms with Gasteiger partial charge in [0.25, 0.3) is 0 Å². The molecule has 0 spiro atoms. The van der Waals surface area contributed by atoms with Gasteiger partial charge in [-0.2, -0.15) is 0 Å². The van der Waals surface area contributed by atoms with Crippen molar-refractivity contribution in [2.75, 3.05) is 6.61 Å². The highest BCUT2D eigenvalue weighted by atomic mass is 35.5. The van der Waals surface area contributed by atoms with Gasteiger partial charge in [0, 0.05) is 0 Å². The SMILES string of the molecule is OC1(COc2cccc(Cl)c2F)CCCC1. The van der Waals surface area contributed by atoms with E-state index >= 15 is 0 Å². The van der Waals surface area contributed by atoms with Gasteiger partial charge in [0.05, 0.1) is 10.6 Å². The maximum absolute atomic E-state index is 13.5. The van der Waals surface area contributed by atoms with Crippen molar-refractivity contribution in [3.8, 4) is 5.75 Å². The van der Waals surface area contributed by atoms with Crippen LogP contribution in [0, 0.1) is 5.82 Å². The lowest BCUT2D eigenvalue weighted by atomic mass is 10.0. The molecular weight excluding hydrogens is 231 g/mol. The van der Waals surface area contributed by atoms with Crippen molar-refractivity contribution in [3.63, 3.8) is 0 Å². The molecule has 0 aliphatic heterocycles. The quantitative estimate of drug-likeness (QED) is 0.885. The van der Waals surface area contributed by atoms with Crippen LogP contribution in [-0.2, 0) is 0 Å². The van der Waals surface area contributed by atoms with Crippen LogP contribution in [0.2, 0.25) is 5.02 Å². The summed E-state index contributed by atoms with van der Waals surface area (Å²) >= 11 is 5.63. The zero-order valence-corrected chi connectivity index (χ0v) is 9.63. The Bertz CT molecular complexity index is 375. The molecular formula is C12H14ClFO2. The molecule has 0 radical (unpaired) electrons. The van der Waals surface area contributed by atoms with Gasteiger partial charge in [-0.3, -0.25) is 0 Å². The number of hydrogen-bond donors (Lipinski definition) is 1. The van der Waals surface area contributed by atoms with E-state index in [0.717, 1.165) is 25.7 Å². The zero-order chi connectivity index (χ0) is 11.6. The summed E-state index contributed by atoms with van der Waals surface area (Å²) in [5.74, 6) is -0.460. The molecule has 0 atom stereocenters. The van der Waals surface area contributed by atoms with Crippen molar-refractivity contribution < 1.29 is 14.2 Å². The zero-order valence-electron chi connectivity index (χ0n) is 8.88. The highest BCUT2D eigenvalue weighted by molar-refractivity contribution is 6.30. The summed E-state index contributed by atoms with van der Waals surface area (Å²) in [5, 5.41) is 10.1. The molecule has 0 bridgehead atoms. The van der Waals surface area contributed by atoms with Gasteiger partial charge in [0.2, 0.25) is 0 Å². The van der Waals surface area contributed by atoms with Crippen LogP contribution in [-0.4, -0.2) is 17.3 Å². The predicted molar refractivity (Wildman–Crippen MR) is 60.3 cm³/mol. The molecule has 0 saturated heterocycles. The monoisotopic (exact) mass is 244 g/mol. The molecule has 1 aromatic carbocycles. The number of halogens is 2. The first-order chi connectivity index (χ1) is 7.61. The van der Waals surface area contributed by atoms with Crippen molar-refractivity contribution in [1.29, 1.82) is 0 Å². The Hall–Kier alpha value is -0.800. The third kappa shape index (κ3) is 2.47. The first-order valence-corrected chi connectivity index (χ1v) is 5.78. The lowest BCUT2D eigenvalue weighted by Gasteiger charge is -2.22. The molecule has 1 saturated carbocycles. The second kappa shape index (κ2) is 4.60. The van der Waals surface area contributed by atoms with Crippen LogP contribution in [0.25, 0.3) is 0 Å². The van der Waals surface area contributed by atoms with E-state index in [1.165, 1.54) is 12.1 Å². The van der Waals surface area contributed by atoms with Gasteiger partial charge in [-0.1, -0.05) is 30.5 Å². The molecule has 16 heavy (non-hydrogen) atoms. The molecule has 4 heteroatoms.